The van der Waals surface area contributed by atoms with Gasteiger partial charge in [0.05, 0.1) is 0 Å². The van der Waals surface area contributed by atoms with E-state index in [1.165, 1.54) is 24.3 Å². The van der Waals surface area contributed by atoms with Crippen LogP contribution in [0.5, 0.6) is 17.2 Å². The van der Waals surface area contributed by atoms with Crippen molar-refractivity contribution in [2.45, 2.75) is 0 Å². The zero-order valence-corrected chi connectivity index (χ0v) is 14.6. The first-order valence-electron chi connectivity index (χ1n) is 7.59. The molecule has 0 fully saturated rings. The summed E-state index contributed by atoms with van der Waals surface area (Å²) in [6.07, 6.45) is 0. The van der Waals surface area contributed by atoms with Crippen LogP contribution in [-0.4, -0.2) is 42.9 Å². The molecule has 148 valence electrons. The van der Waals surface area contributed by atoms with Crippen molar-refractivity contribution in [3.05, 3.63) is 90.0 Å². The molecule has 0 unspecified atom stereocenters. The van der Waals surface area contributed by atoms with Crippen molar-refractivity contribution < 1.29 is 40.6 Å². The standard InChI is InChI=1S/2C7H6O3.C6H6O.H2O/c2*8-6-4-2-1-3-5(6)7(9)10;7-6-4-2-1-3-5-6;/h2*1-4,8H,(H,9,10);1-5,7H;1H2. The van der Waals surface area contributed by atoms with Crippen molar-refractivity contribution in [2.24, 2.45) is 0 Å². The SMILES string of the molecule is O.O=C(O)c1ccccc1O.O=C(O)c1ccccc1O.Oc1ccccc1. The normalized spacial score (nSPS) is 8.71. The molecule has 0 aliphatic heterocycles. The Kier molecular flexibility index (Phi) is 10.6. The van der Waals surface area contributed by atoms with Gasteiger partial charge < -0.3 is 31.0 Å². The molecule has 0 heterocycles. The van der Waals surface area contributed by atoms with Gasteiger partial charge in [0.25, 0.3) is 0 Å². The number of carboxylic acid groups (broad SMARTS) is 2. The highest BCUT2D eigenvalue weighted by Gasteiger charge is 2.06. The van der Waals surface area contributed by atoms with E-state index in [4.69, 9.17) is 25.5 Å². The largest absolute Gasteiger partial charge is 0.508 e. The van der Waals surface area contributed by atoms with Crippen LogP contribution in [0.1, 0.15) is 20.7 Å². The van der Waals surface area contributed by atoms with Crippen LogP contribution in [0.4, 0.5) is 0 Å². The Morgan fingerprint density at radius 1 is 0.536 bits per heavy atom. The second-order valence-electron chi connectivity index (χ2n) is 4.98. The fourth-order valence-electron chi connectivity index (χ4n) is 1.74. The fraction of sp³-hybridized carbons (Fsp3) is 0. The van der Waals surface area contributed by atoms with Gasteiger partial charge in [-0.1, -0.05) is 42.5 Å². The van der Waals surface area contributed by atoms with Crippen LogP contribution in [0.25, 0.3) is 0 Å². The number of aromatic carboxylic acids is 2. The predicted molar refractivity (Wildman–Crippen MR) is 102 cm³/mol. The maximum Gasteiger partial charge on any atom is 0.339 e. The molecule has 3 rings (SSSR count). The Morgan fingerprint density at radius 3 is 1.07 bits per heavy atom. The molecule has 0 aliphatic carbocycles. The minimum atomic E-state index is -1.11. The molecular weight excluding hydrogens is 368 g/mol. The molecule has 0 spiro atoms. The van der Waals surface area contributed by atoms with Crippen LogP contribution in [0.15, 0.2) is 78.9 Å². The lowest BCUT2D eigenvalue weighted by Crippen LogP contribution is -1.95. The van der Waals surface area contributed by atoms with Gasteiger partial charge in [0.15, 0.2) is 0 Å². The Hall–Kier alpha value is -4.04. The summed E-state index contributed by atoms with van der Waals surface area (Å²) >= 11 is 0. The summed E-state index contributed by atoms with van der Waals surface area (Å²) in [5.41, 5.74) is -0.134. The van der Waals surface area contributed by atoms with Gasteiger partial charge in [-0.3, -0.25) is 0 Å². The average molecular weight is 388 g/mol. The second-order valence-corrected chi connectivity index (χ2v) is 4.98. The third kappa shape index (κ3) is 8.37. The van der Waals surface area contributed by atoms with E-state index in [2.05, 4.69) is 0 Å². The Morgan fingerprint density at radius 2 is 0.857 bits per heavy atom. The summed E-state index contributed by atoms with van der Waals surface area (Å²) in [6.45, 7) is 0. The molecule has 0 bridgehead atoms. The molecule has 0 aromatic heterocycles. The van der Waals surface area contributed by atoms with Gasteiger partial charge in [0.2, 0.25) is 0 Å². The minimum Gasteiger partial charge on any atom is -0.508 e. The van der Waals surface area contributed by atoms with Gasteiger partial charge >= 0.3 is 11.9 Å². The summed E-state index contributed by atoms with van der Waals surface area (Å²) in [5, 5.41) is 43.2. The first-order valence-corrected chi connectivity index (χ1v) is 7.59. The first-order chi connectivity index (χ1) is 12.8. The third-order valence-electron chi connectivity index (χ3n) is 3.03. The summed E-state index contributed by atoms with van der Waals surface area (Å²) in [4.78, 5) is 20.5. The molecule has 0 atom stereocenters. The van der Waals surface area contributed by atoms with E-state index in [9.17, 15) is 9.59 Å². The van der Waals surface area contributed by atoms with Crippen LogP contribution >= 0.6 is 0 Å². The highest BCUT2D eigenvalue weighted by Crippen LogP contribution is 2.15. The lowest BCUT2D eigenvalue weighted by Gasteiger charge is -1.95. The zero-order chi connectivity index (χ0) is 20.2. The van der Waals surface area contributed by atoms with E-state index in [0.29, 0.717) is 5.75 Å². The van der Waals surface area contributed by atoms with Gasteiger partial charge in [-0.2, -0.15) is 0 Å². The van der Waals surface area contributed by atoms with E-state index in [1.807, 2.05) is 6.07 Å². The van der Waals surface area contributed by atoms with Crippen molar-refractivity contribution in [1.29, 1.82) is 0 Å². The van der Waals surface area contributed by atoms with Crippen molar-refractivity contribution in [3.8, 4) is 17.2 Å². The molecule has 28 heavy (non-hydrogen) atoms. The molecule has 7 N–H and O–H groups in total. The maximum absolute atomic E-state index is 10.3. The lowest BCUT2D eigenvalue weighted by atomic mass is 10.2. The smallest absolute Gasteiger partial charge is 0.339 e. The van der Waals surface area contributed by atoms with E-state index in [1.54, 1.807) is 48.5 Å². The molecule has 0 saturated carbocycles. The summed E-state index contributed by atoms with van der Waals surface area (Å²) < 4.78 is 0. The van der Waals surface area contributed by atoms with E-state index in [0.717, 1.165) is 0 Å². The van der Waals surface area contributed by atoms with Gasteiger partial charge in [-0.05, 0) is 36.4 Å². The molecule has 8 nitrogen and oxygen atoms in total. The zero-order valence-electron chi connectivity index (χ0n) is 14.6. The topological polar surface area (TPSA) is 167 Å². The van der Waals surface area contributed by atoms with Gasteiger partial charge in [0.1, 0.15) is 28.4 Å². The molecule has 8 heteroatoms. The number of phenolic OH excluding ortho intramolecular Hbond substituents is 1. The van der Waals surface area contributed by atoms with Crippen molar-refractivity contribution in [2.75, 3.05) is 0 Å². The van der Waals surface area contributed by atoms with Crippen molar-refractivity contribution >= 4 is 11.9 Å². The molecule has 3 aromatic carbocycles. The Labute approximate surface area is 160 Å². The Bertz CT molecular complexity index is 823. The Balaban J connectivity index is 0.000000390. The quantitative estimate of drug-likeness (QED) is 0.450. The number of benzene rings is 3. The third-order valence-corrected chi connectivity index (χ3v) is 3.03. The number of rotatable bonds is 2. The van der Waals surface area contributed by atoms with Crippen LogP contribution < -0.4 is 0 Å². The van der Waals surface area contributed by atoms with E-state index >= 15 is 0 Å². The van der Waals surface area contributed by atoms with Crippen LogP contribution in [0, 0.1) is 0 Å². The van der Waals surface area contributed by atoms with E-state index in [-0.39, 0.29) is 28.1 Å². The van der Waals surface area contributed by atoms with Crippen LogP contribution in [0.2, 0.25) is 0 Å². The van der Waals surface area contributed by atoms with Gasteiger partial charge in [0, 0.05) is 0 Å². The number of carboxylic acids is 2. The number of carbonyl (C=O) groups is 2. The molecule has 0 aliphatic rings. The van der Waals surface area contributed by atoms with Gasteiger partial charge in [-0.15, -0.1) is 0 Å². The highest BCUT2D eigenvalue weighted by atomic mass is 16.4. The second kappa shape index (κ2) is 12.3. The van der Waals surface area contributed by atoms with Gasteiger partial charge in [-0.25, -0.2) is 9.59 Å². The summed E-state index contributed by atoms with van der Waals surface area (Å²) in [6, 6.07) is 20.3. The molecule has 0 amide bonds. The molecular formula is C20H20O8. The number of aromatic hydroxyl groups is 3. The van der Waals surface area contributed by atoms with E-state index < -0.39 is 11.9 Å². The number of hydrogen-bond acceptors (Lipinski definition) is 5. The van der Waals surface area contributed by atoms with Crippen LogP contribution in [0.3, 0.4) is 0 Å². The minimum absolute atomic E-state index is 0. The van der Waals surface area contributed by atoms with Crippen LogP contribution in [-0.2, 0) is 0 Å². The highest BCUT2D eigenvalue weighted by molar-refractivity contribution is 5.91. The number of phenols is 3. The molecule has 0 saturated heterocycles. The predicted octanol–water partition coefficient (Wildman–Crippen LogP) is 2.75. The monoisotopic (exact) mass is 388 g/mol. The van der Waals surface area contributed by atoms with Crippen molar-refractivity contribution in [1.82, 2.24) is 0 Å². The summed E-state index contributed by atoms with van der Waals surface area (Å²) in [5.74, 6) is -2.30. The maximum atomic E-state index is 10.3. The molecule has 3 aromatic rings. The molecule has 0 radical (unpaired) electrons. The first kappa shape index (κ1) is 24.0. The number of hydrogen-bond donors (Lipinski definition) is 5. The summed E-state index contributed by atoms with van der Waals surface area (Å²) in [7, 11) is 0. The number of para-hydroxylation sites is 3. The average Bonchev–Trinajstić information content (AvgIpc) is 2.64. The fourth-order valence-corrected chi connectivity index (χ4v) is 1.74. The van der Waals surface area contributed by atoms with Crippen molar-refractivity contribution in [3.63, 3.8) is 0 Å². The lowest BCUT2D eigenvalue weighted by molar-refractivity contribution is 0.0682.